The Kier molecular flexibility index (Phi) is 6.99. The normalized spacial score (nSPS) is 10.2. The minimum absolute atomic E-state index is 0.0242. The van der Waals surface area contributed by atoms with E-state index in [-0.39, 0.29) is 17.9 Å². The molecule has 3 rings (SSSR count). The molecule has 0 atom stereocenters. The van der Waals surface area contributed by atoms with Crippen molar-refractivity contribution in [2.24, 2.45) is 0 Å². The third-order valence-corrected chi connectivity index (χ3v) is 4.84. The second kappa shape index (κ2) is 9.86. The number of rotatable bonds is 6. The number of thiazole rings is 1. The maximum absolute atomic E-state index is 12.3. The zero-order valence-corrected chi connectivity index (χ0v) is 17.3. The van der Waals surface area contributed by atoms with Gasteiger partial charge in [0, 0.05) is 16.1 Å². The minimum Gasteiger partial charge on any atom is -0.465 e. The number of hydrogen-bond acceptors (Lipinski definition) is 6. The number of para-hydroxylation sites is 1. The Balaban J connectivity index is 1.57. The van der Waals surface area contributed by atoms with Crippen molar-refractivity contribution in [2.75, 3.05) is 23.1 Å². The van der Waals surface area contributed by atoms with E-state index in [9.17, 15) is 14.4 Å². The molecule has 1 aromatic heterocycles. The van der Waals surface area contributed by atoms with Crippen molar-refractivity contribution in [1.82, 2.24) is 4.98 Å². The van der Waals surface area contributed by atoms with Crippen molar-refractivity contribution >= 4 is 57.4 Å². The van der Waals surface area contributed by atoms with E-state index < -0.39 is 12.0 Å². The first-order chi connectivity index (χ1) is 14.4. The summed E-state index contributed by atoms with van der Waals surface area (Å²) in [4.78, 5) is 40.4. The van der Waals surface area contributed by atoms with Crippen LogP contribution in [0.25, 0.3) is 0 Å². The van der Waals surface area contributed by atoms with Crippen LogP contribution in [0.1, 0.15) is 16.1 Å². The van der Waals surface area contributed by atoms with Gasteiger partial charge >= 0.3 is 12.0 Å². The number of nitrogens with zero attached hydrogens (tertiary/aromatic N) is 1. The molecule has 0 unspecified atom stereocenters. The molecular weight excluding hydrogens is 428 g/mol. The lowest BCUT2D eigenvalue weighted by atomic mass is 10.1. The van der Waals surface area contributed by atoms with E-state index in [0.29, 0.717) is 27.2 Å². The number of carbonyl (C=O) groups is 3. The molecule has 0 saturated carbocycles. The van der Waals surface area contributed by atoms with Crippen LogP contribution in [0.4, 0.5) is 21.3 Å². The topological polar surface area (TPSA) is 109 Å². The van der Waals surface area contributed by atoms with Gasteiger partial charge in [-0.3, -0.25) is 10.1 Å². The van der Waals surface area contributed by atoms with Gasteiger partial charge in [0.25, 0.3) is 0 Å². The highest BCUT2D eigenvalue weighted by Crippen LogP contribution is 2.20. The number of amides is 3. The molecule has 8 nitrogen and oxygen atoms in total. The van der Waals surface area contributed by atoms with Crippen molar-refractivity contribution < 1.29 is 19.1 Å². The van der Waals surface area contributed by atoms with Crippen LogP contribution in [0.5, 0.6) is 0 Å². The number of nitrogens with one attached hydrogen (secondary N) is 3. The lowest BCUT2D eigenvalue weighted by molar-refractivity contribution is -0.115. The zero-order chi connectivity index (χ0) is 21.5. The standard InChI is InChI=1S/C20H17ClN4O4S/c1-29-18(27)15-7-2-3-8-16(15)24-17(26)10-14-11-30-20(23-14)25-19(28)22-13-6-4-5-12(21)9-13/h2-9,11H,10H2,1H3,(H,24,26)(H2,22,23,25,28). The van der Waals surface area contributed by atoms with Crippen LogP contribution in [0.2, 0.25) is 5.02 Å². The second-order valence-electron chi connectivity index (χ2n) is 6.00. The number of benzene rings is 2. The molecule has 3 N–H and O–H groups in total. The van der Waals surface area contributed by atoms with Crippen molar-refractivity contribution in [3.8, 4) is 0 Å². The summed E-state index contributed by atoms with van der Waals surface area (Å²) in [6.45, 7) is 0. The SMILES string of the molecule is COC(=O)c1ccccc1NC(=O)Cc1csc(NC(=O)Nc2cccc(Cl)c2)n1. The van der Waals surface area contributed by atoms with Crippen LogP contribution in [-0.4, -0.2) is 30.0 Å². The Labute approximate surface area is 181 Å². The Bertz CT molecular complexity index is 1090. The van der Waals surface area contributed by atoms with Crippen molar-refractivity contribution in [1.29, 1.82) is 0 Å². The van der Waals surface area contributed by atoms with Gasteiger partial charge < -0.3 is 15.4 Å². The molecule has 154 valence electrons. The van der Waals surface area contributed by atoms with Crippen LogP contribution in [0.15, 0.2) is 53.9 Å². The van der Waals surface area contributed by atoms with Crippen LogP contribution < -0.4 is 16.0 Å². The molecule has 0 fully saturated rings. The number of halogens is 1. The molecule has 0 spiro atoms. The van der Waals surface area contributed by atoms with Crippen molar-refractivity contribution in [3.63, 3.8) is 0 Å². The molecule has 2 aromatic carbocycles. The van der Waals surface area contributed by atoms with E-state index in [0.717, 1.165) is 0 Å². The quantitative estimate of drug-likeness (QED) is 0.488. The Morgan fingerprint density at radius 3 is 2.63 bits per heavy atom. The average molecular weight is 445 g/mol. The number of ether oxygens (including phenoxy) is 1. The molecule has 1 heterocycles. The van der Waals surface area contributed by atoms with Crippen LogP contribution in [-0.2, 0) is 16.0 Å². The van der Waals surface area contributed by atoms with Gasteiger partial charge in [-0.1, -0.05) is 29.8 Å². The molecular formula is C20H17ClN4O4S. The molecule has 0 bridgehead atoms. The number of carbonyl (C=O) groups excluding carboxylic acids is 3. The van der Waals surface area contributed by atoms with Crippen molar-refractivity contribution in [2.45, 2.75) is 6.42 Å². The Morgan fingerprint density at radius 2 is 1.87 bits per heavy atom. The molecule has 3 aromatic rings. The number of aromatic nitrogens is 1. The van der Waals surface area contributed by atoms with Gasteiger partial charge in [0.2, 0.25) is 5.91 Å². The Morgan fingerprint density at radius 1 is 1.07 bits per heavy atom. The lowest BCUT2D eigenvalue weighted by Gasteiger charge is -2.09. The maximum atomic E-state index is 12.3. The molecule has 0 aliphatic heterocycles. The fourth-order valence-corrected chi connectivity index (χ4v) is 3.41. The molecule has 10 heteroatoms. The average Bonchev–Trinajstić information content (AvgIpc) is 3.14. The van der Waals surface area contributed by atoms with Gasteiger partial charge in [-0.05, 0) is 30.3 Å². The third-order valence-electron chi connectivity index (χ3n) is 3.80. The van der Waals surface area contributed by atoms with Crippen LogP contribution in [0.3, 0.4) is 0 Å². The summed E-state index contributed by atoms with van der Waals surface area (Å²) in [6.07, 6.45) is -0.0242. The Hall–Kier alpha value is -3.43. The lowest BCUT2D eigenvalue weighted by Crippen LogP contribution is -2.19. The van der Waals surface area contributed by atoms with Gasteiger partial charge in [0.05, 0.1) is 30.5 Å². The molecule has 0 aliphatic rings. The summed E-state index contributed by atoms with van der Waals surface area (Å²) in [7, 11) is 1.27. The highest BCUT2D eigenvalue weighted by atomic mass is 35.5. The number of anilines is 3. The van der Waals surface area contributed by atoms with Crippen molar-refractivity contribution in [3.05, 3.63) is 70.2 Å². The van der Waals surface area contributed by atoms with Gasteiger partial charge in [0.1, 0.15) is 0 Å². The highest BCUT2D eigenvalue weighted by Gasteiger charge is 2.15. The zero-order valence-electron chi connectivity index (χ0n) is 15.8. The summed E-state index contributed by atoms with van der Waals surface area (Å²) < 4.78 is 4.71. The van der Waals surface area contributed by atoms with Crippen LogP contribution in [0, 0.1) is 0 Å². The van der Waals surface area contributed by atoms with Gasteiger partial charge in [0.15, 0.2) is 5.13 Å². The molecule has 0 radical (unpaired) electrons. The summed E-state index contributed by atoms with van der Waals surface area (Å²) >= 11 is 7.08. The molecule has 0 saturated heterocycles. The number of hydrogen-bond donors (Lipinski definition) is 3. The minimum atomic E-state index is -0.545. The molecule has 0 aliphatic carbocycles. The smallest absolute Gasteiger partial charge is 0.339 e. The highest BCUT2D eigenvalue weighted by molar-refractivity contribution is 7.14. The largest absolute Gasteiger partial charge is 0.465 e. The predicted octanol–water partition coefficient (Wildman–Crippen LogP) is 4.41. The van der Waals surface area contributed by atoms with Gasteiger partial charge in [-0.15, -0.1) is 11.3 Å². The van der Waals surface area contributed by atoms with E-state index in [4.69, 9.17) is 16.3 Å². The molecule has 30 heavy (non-hydrogen) atoms. The maximum Gasteiger partial charge on any atom is 0.339 e. The summed E-state index contributed by atoms with van der Waals surface area (Å²) in [6, 6.07) is 12.8. The monoisotopic (exact) mass is 444 g/mol. The van der Waals surface area contributed by atoms with E-state index in [2.05, 4.69) is 20.9 Å². The second-order valence-corrected chi connectivity index (χ2v) is 7.29. The summed E-state index contributed by atoms with van der Waals surface area (Å²) in [5.74, 6) is -0.900. The van der Waals surface area contributed by atoms with E-state index >= 15 is 0 Å². The van der Waals surface area contributed by atoms with E-state index in [1.807, 2.05) is 0 Å². The first-order valence-electron chi connectivity index (χ1n) is 8.70. The van der Waals surface area contributed by atoms with Gasteiger partial charge in [-0.2, -0.15) is 0 Å². The summed E-state index contributed by atoms with van der Waals surface area (Å²) in [5.41, 5.74) is 1.63. The third kappa shape index (κ3) is 5.79. The predicted molar refractivity (Wildman–Crippen MR) is 116 cm³/mol. The van der Waals surface area contributed by atoms with E-state index in [1.54, 1.807) is 53.9 Å². The first kappa shape index (κ1) is 21.3. The van der Waals surface area contributed by atoms with E-state index in [1.165, 1.54) is 18.4 Å². The number of methoxy groups -OCH3 is 1. The van der Waals surface area contributed by atoms with Gasteiger partial charge in [-0.25, -0.2) is 14.6 Å². The van der Waals surface area contributed by atoms with Crippen LogP contribution >= 0.6 is 22.9 Å². The fourth-order valence-electron chi connectivity index (χ4n) is 2.51. The summed E-state index contributed by atoms with van der Waals surface area (Å²) in [5, 5.41) is 10.4. The first-order valence-corrected chi connectivity index (χ1v) is 9.95. The fraction of sp³-hybridized carbons (Fsp3) is 0.100. The molecule has 3 amide bonds. The number of esters is 1. The number of urea groups is 1.